The first-order chi connectivity index (χ1) is 9.72. The third kappa shape index (κ3) is 3.26. The van der Waals surface area contributed by atoms with Gasteiger partial charge in [0.1, 0.15) is 5.76 Å². The molecule has 1 atom stereocenters. The van der Waals surface area contributed by atoms with Crippen LogP contribution < -0.4 is 0 Å². The van der Waals surface area contributed by atoms with Gasteiger partial charge >= 0.3 is 12.3 Å². The summed E-state index contributed by atoms with van der Waals surface area (Å²) >= 11 is 0. The third-order valence-corrected chi connectivity index (χ3v) is 3.36. The Bertz CT molecular complexity index is 602. The fourth-order valence-corrected chi connectivity index (χ4v) is 2.30. The van der Waals surface area contributed by atoms with Gasteiger partial charge in [-0.3, -0.25) is 4.79 Å². The molecule has 0 saturated carbocycles. The van der Waals surface area contributed by atoms with Crippen LogP contribution in [-0.4, -0.2) is 17.4 Å². The second kappa shape index (κ2) is 5.27. The topological polar surface area (TPSA) is 46.5 Å². The second-order valence-electron chi connectivity index (χ2n) is 4.94. The molecule has 0 aliphatic heterocycles. The van der Waals surface area contributed by atoms with Crippen LogP contribution in [0.25, 0.3) is 5.57 Å². The summed E-state index contributed by atoms with van der Waals surface area (Å²) in [6, 6.07) is 8.69. The van der Waals surface area contributed by atoms with Crippen molar-refractivity contribution >= 4 is 11.5 Å². The molecule has 1 unspecified atom stereocenters. The molecule has 2 rings (SSSR count). The molecule has 3 nitrogen and oxygen atoms in total. The van der Waals surface area contributed by atoms with Gasteiger partial charge in [-0.05, 0) is 24.1 Å². The summed E-state index contributed by atoms with van der Waals surface area (Å²) in [4.78, 5) is 11.6. The number of carbonyl (C=O) groups is 1. The largest absolute Gasteiger partial charge is 0.572 e. The predicted octanol–water partition coefficient (Wildman–Crippen LogP) is 3.98. The van der Waals surface area contributed by atoms with Gasteiger partial charge in [0.05, 0.1) is 5.41 Å². The van der Waals surface area contributed by atoms with Crippen LogP contribution in [0.1, 0.15) is 18.9 Å². The molecule has 0 radical (unpaired) electrons. The van der Waals surface area contributed by atoms with Crippen molar-refractivity contribution in [3.63, 3.8) is 0 Å². The van der Waals surface area contributed by atoms with Crippen LogP contribution in [-0.2, 0) is 9.53 Å². The lowest BCUT2D eigenvalue weighted by Crippen LogP contribution is -2.32. The Kier molecular flexibility index (Phi) is 3.80. The van der Waals surface area contributed by atoms with E-state index in [2.05, 4.69) is 4.74 Å². The van der Waals surface area contributed by atoms with Crippen LogP contribution in [0.15, 0.2) is 48.2 Å². The van der Waals surface area contributed by atoms with Gasteiger partial charge in [0.2, 0.25) is 0 Å². The van der Waals surface area contributed by atoms with E-state index < -0.39 is 23.5 Å². The number of ether oxygens (including phenoxy) is 1. The number of hydrogen-bond donors (Lipinski definition) is 1. The molecule has 21 heavy (non-hydrogen) atoms. The Hall–Kier alpha value is -2.24. The van der Waals surface area contributed by atoms with Gasteiger partial charge in [0, 0.05) is 6.42 Å². The lowest BCUT2D eigenvalue weighted by Gasteiger charge is -2.32. The summed E-state index contributed by atoms with van der Waals surface area (Å²) in [5.74, 6) is -1.61. The minimum Gasteiger partial charge on any atom is -0.481 e. The number of aliphatic carboxylic acids is 1. The fraction of sp³-hybridized carbons (Fsp3) is 0.267. The monoisotopic (exact) mass is 298 g/mol. The average molecular weight is 298 g/mol. The summed E-state index contributed by atoms with van der Waals surface area (Å²) in [5.41, 5.74) is -0.369. The van der Waals surface area contributed by atoms with Crippen molar-refractivity contribution in [1.82, 2.24) is 0 Å². The number of carboxylic acids is 1. The molecule has 1 N–H and O–H groups in total. The van der Waals surface area contributed by atoms with Crippen molar-refractivity contribution in [3.05, 3.63) is 53.8 Å². The van der Waals surface area contributed by atoms with E-state index >= 15 is 0 Å². The van der Waals surface area contributed by atoms with Gasteiger partial charge < -0.3 is 9.84 Å². The molecular formula is C15H13F3O3. The zero-order chi connectivity index (χ0) is 15.7. The van der Waals surface area contributed by atoms with Crippen LogP contribution in [0, 0.1) is 5.41 Å². The van der Waals surface area contributed by atoms with Gasteiger partial charge in [0.25, 0.3) is 0 Å². The van der Waals surface area contributed by atoms with Crippen LogP contribution in [0.2, 0.25) is 0 Å². The summed E-state index contributed by atoms with van der Waals surface area (Å²) in [7, 11) is 0. The van der Waals surface area contributed by atoms with E-state index in [0.29, 0.717) is 11.1 Å². The average Bonchev–Trinajstić information content (AvgIpc) is 2.37. The van der Waals surface area contributed by atoms with Crippen LogP contribution >= 0.6 is 0 Å². The molecule has 0 aromatic heterocycles. The van der Waals surface area contributed by atoms with Gasteiger partial charge in [0.15, 0.2) is 0 Å². The standard InChI is InChI=1S/C15H13F3O3/c1-14(13(19)20)9-11(21-15(16,17)18)7-8-12(14)10-5-3-2-4-6-10/h2-8H,9H2,1H3,(H,19,20). The van der Waals surface area contributed by atoms with E-state index in [1.54, 1.807) is 30.3 Å². The van der Waals surface area contributed by atoms with Crippen LogP contribution in [0.5, 0.6) is 0 Å². The normalized spacial score (nSPS) is 22.3. The summed E-state index contributed by atoms with van der Waals surface area (Å²) < 4.78 is 40.7. The van der Waals surface area contributed by atoms with Crippen molar-refractivity contribution in [2.24, 2.45) is 5.41 Å². The Morgan fingerprint density at radius 2 is 1.86 bits per heavy atom. The smallest absolute Gasteiger partial charge is 0.481 e. The number of allylic oxidation sites excluding steroid dienone is 3. The third-order valence-electron chi connectivity index (χ3n) is 3.36. The molecule has 0 heterocycles. The lowest BCUT2D eigenvalue weighted by molar-refractivity contribution is -0.307. The highest BCUT2D eigenvalue weighted by Crippen LogP contribution is 2.44. The number of carboxylic acid groups (broad SMARTS) is 1. The Morgan fingerprint density at radius 1 is 1.24 bits per heavy atom. The quantitative estimate of drug-likeness (QED) is 0.918. The lowest BCUT2D eigenvalue weighted by atomic mass is 9.73. The molecule has 112 valence electrons. The van der Waals surface area contributed by atoms with E-state index in [4.69, 9.17) is 0 Å². The Balaban J connectivity index is 2.43. The molecule has 0 saturated heterocycles. The van der Waals surface area contributed by atoms with Crippen molar-refractivity contribution in [3.8, 4) is 0 Å². The highest BCUT2D eigenvalue weighted by molar-refractivity contribution is 5.93. The van der Waals surface area contributed by atoms with Crippen LogP contribution in [0.3, 0.4) is 0 Å². The van der Waals surface area contributed by atoms with Crippen molar-refractivity contribution in [2.45, 2.75) is 19.7 Å². The second-order valence-corrected chi connectivity index (χ2v) is 4.94. The zero-order valence-electron chi connectivity index (χ0n) is 11.1. The van der Waals surface area contributed by atoms with E-state index in [1.165, 1.54) is 19.1 Å². The van der Waals surface area contributed by atoms with E-state index in [-0.39, 0.29) is 6.42 Å². The first-order valence-electron chi connectivity index (χ1n) is 6.18. The minimum atomic E-state index is -4.83. The molecule has 1 aromatic carbocycles. The highest BCUT2D eigenvalue weighted by Gasteiger charge is 2.43. The highest BCUT2D eigenvalue weighted by atomic mass is 19.4. The maximum atomic E-state index is 12.3. The molecule has 1 aliphatic rings. The summed E-state index contributed by atoms with van der Waals surface area (Å²) in [6.07, 6.45) is -2.65. The molecule has 1 aromatic rings. The molecule has 0 spiro atoms. The summed E-state index contributed by atoms with van der Waals surface area (Å²) in [6.45, 7) is 1.39. The zero-order valence-corrected chi connectivity index (χ0v) is 11.1. The number of halogens is 3. The van der Waals surface area contributed by atoms with Gasteiger partial charge in [-0.15, -0.1) is 13.2 Å². The molecule has 0 bridgehead atoms. The summed E-state index contributed by atoms with van der Waals surface area (Å²) in [5, 5.41) is 9.44. The maximum absolute atomic E-state index is 12.3. The van der Waals surface area contributed by atoms with Crippen molar-refractivity contribution < 1.29 is 27.8 Å². The number of alkyl halides is 3. The molecule has 6 heteroatoms. The van der Waals surface area contributed by atoms with E-state index in [1.807, 2.05) is 0 Å². The molecular weight excluding hydrogens is 285 g/mol. The maximum Gasteiger partial charge on any atom is 0.572 e. The first kappa shape index (κ1) is 15.2. The number of rotatable bonds is 3. The van der Waals surface area contributed by atoms with Gasteiger partial charge in [-0.2, -0.15) is 0 Å². The van der Waals surface area contributed by atoms with E-state index in [0.717, 1.165) is 0 Å². The van der Waals surface area contributed by atoms with Crippen LogP contribution in [0.4, 0.5) is 13.2 Å². The van der Waals surface area contributed by atoms with Crippen molar-refractivity contribution in [2.75, 3.05) is 0 Å². The molecule has 0 fully saturated rings. The number of hydrogen-bond acceptors (Lipinski definition) is 2. The Morgan fingerprint density at radius 3 is 2.38 bits per heavy atom. The minimum absolute atomic E-state index is 0.359. The van der Waals surface area contributed by atoms with Gasteiger partial charge in [-0.1, -0.05) is 36.4 Å². The van der Waals surface area contributed by atoms with E-state index in [9.17, 15) is 23.1 Å². The Labute approximate surface area is 119 Å². The molecule has 1 aliphatic carbocycles. The first-order valence-corrected chi connectivity index (χ1v) is 6.18. The van der Waals surface area contributed by atoms with Gasteiger partial charge in [-0.25, -0.2) is 0 Å². The SMILES string of the molecule is CC1(C(=O)O)CC(OC(F)(F)F)=CC=C1c1ccccc1. The number of benzene rings is 1. The van der Waals surface area contributed by atoms with Crippen molar-refractivity contribution in [1.29, 1.82) is 0 Å². The predicted molar refractivity (Wildman–Crippen MR) is 70.0 cm³/mol. The molecule has 0 amide bonds. The fourth-order valence-electron chi connectivity index (χ4n) is 2.30.